The summed E-state index contributed by atoms with van der Waals surface area (Å²) in [6.45, 7) is 14.8. The van der Waals surface area contributed by atoms with Gasteiger partial charge in [-0.15, -0.1) is 0 Å². The Labute approximate surface area is 118 Å². The van der Waals surface area contributed by atoms with Crippen LogP contribution >= 0.6 is 0 Å². The molecule has 0 fully saturated rings. The first-order valence-corrected chi connectivity index (χ1v) is 7.09. The Hall–Kier alpha value is -1.25. The maximum absolute atomic E-state index is 4.71. The van der Waals surface area contributed by atoms with Crippen LogP contribution in [0.25, 0.3) is 0 Å². The maximum Gasteiger partial charge on any atom is 0.0611 e. The average molecular weight is 263 g/mol. The van der Waals surface area contributed by atoms with Crippen molar-refractivity contribution in [3.8, 4) is 0 Å². The van der Waals surface area contributed by atoms with Crippen LogP contribution < -0.4 is 0 Å². The molecule has 0 aromatic carbocycles. The van der Waals surface area contributed by atoms with Gasteiger partial charge in [0.1, 0.15) is 0 Å². The Kier molecular flexibility index (Phi) is 8.21. The van der Waals surface area contributed by atoms with Crippen LogP contribution in [0.3, 0.4) is 0 Å². The molecule has 0 atom stereocenters. The van der Waals surface area contributed by atoms with Crippen molar-refractivity contribution >= 4 is 17.6 Å². The van der Waals surface area contributed by atoms with Crippen molar-refractivity contribution in [1.82, 2.24) is 0 Å². The molecule has 3 nitrogen and oxygen atoms in total. The molecule has 19 heavy (non-hydrogen) atoms. The molecule has 0 radical (unpaired) electrons. The van der Waals surface area contributed by atoms with Crippen LogP contribution in [0.4, 0.5) is 0 Å². The highest BCUT2D eigenvalue weighted by atomic mass is 14.9. The van der Waals surface area contributed by atoms with Crippen molar-refractivity contribution in [3.05, 3.63) is 11.4 Å². The molecule has 108 valence electrons. The number of aliphatic imine (C=N–C) groups is 3. The monoisotopic (exact) mass is 263 g/mol. The van der Waals surface area contributed by atoms with Crippen molar-refractivity contribution in [2.75, 3.05) is 7.05 Å². The summed E-state index contributed by atoms with van der Waals surface area (Å²) in [5.41, 5.74) is 4.21. The first-order valence-electron chi connectivity index (χ1n) is 7.09. The largest absolute Gasteiger partial charge is 0.295 e. The summed E-state index contributed by atoms with van der Waals surface area (Å²) in [6.07, 6.45) is 2.73. The van der Waals surface area contributed by atoms with Gasteiger partial charge >= 0.3 is 0 Å². The summed E-state index contributed by atoms with van der Waals surface area (Å²) in [7, 11) is 1.78. The van der Waals surface area contributed by atoms with E-state index in [4.69, 9.17) is 4.99 Å². The molecule has 0 spiro atoms. The van der Waals surface area contributed by atoms with Gasteiger partial charge in [-0.1, -0.05) is 34.6 Å². The topological polar surface area (TPSA) is 37.1 Å². The summed E-state index contributed by atoms with van der Waals surface area (Å²) >= 11 is 0. The van der Waals surface area contributed by atoms with E-state index in [2.05, 4.69) is 51.5 Å². The van der Waals surface area contributed by atoms with E-state index in [1.165, 1.54) is 0 Å². The molecule has 0 N–H and O–H groups in total. The predicted octanol–water partition coefficient (Wildman–Crippen LogP) is 4.54. The molecular weight excluding hydrogens is 234 g/mol. The van der Waals surface area contributed by atoms with Gasteiger partial charge in [-0.3, -0.25) is 15.0 Å². The number of nitrogens with zero attached hydrogens (tertiary/aromatic N) is 3. The van der Waals surface area contributed by atoms with Crippen molar-refractivity contribution in [2.45, 2.75) is 54.9 Å². The van der Waals surface area contributed by atoms with E-state index in [9.17, 15) is 0 Å². The fraction of sp³-hybridized carbons (Fsp3) is 0.688. The Balaban J connectivity index is 5.50. The lowest BCUT2D eigenvalue weighted by atomic mass is 10.1. The first-order chi connectivity index (χ1) is 8.83. The Morgan fingerprint density at radius 3 is 1.95 bits per heavy atom. The van der Waals surface area contributed by atoms with Gasteiger partial charge in [0.2, 0.25) is 0 Å². The molecule has 0 bridgehead atoms. The summed E-state index contributed by atoms with van der Waals surface area (Å²) in [5, 5.41) is 0. The molecule has 0 saturated heterocycles. The lowest BCUT2D eigenvalue weighted by molar-refractivity contribution is 0.865. The maximum atomic E-state index is 4.71. The van der Waals surface area contributed by atoms with Gasteiger partial charge in [-0.2, -0.15) is 0 Å². The zero-order chi connectivity index (χ0) is 15.0. The van der Waals surface area contributed by atoms with Crippen molar-refractivity contribution < 1.29 is 0 Å². The molecule has 0 aliphatic rings. The van der Waals surface area contributed by atoms with Crippen LogP contribution in [0.15, 0.2) is 26.4 Å². The van der Waals surface area contributed by atoms with Gasteiger partial charge in [-0.05, 0) is 32.1 Å². The second-order valence-corrected chi connectivity index (χ2v) is 5.37. The molecule has 0 heterocycles. The summed E-state index contributed by atoms with van der Waals surface area (Å²) < 4.78 is 0. The van der Waals surface area contributed by atoms with E-state index in [-0.39, 0.29) is 0 Å². The predicted molar refractivity (Wildman–Crippen MR) is 87.6 cm³/mol. The third kappa shape index (κ3) is 6.46. The molecule has 0 aromatic rings. The standard InChI is InChI=1S/C16H29N3/c1-9-15(18-13(6)11(2)3)14(7)19-16(10-17-8)12(4)5/h10-12H,9H2,1-8H3/b15-14+,17-10?,18-13?,19-16?. The van der Waals surface area contributed by atoms with E-state index in [1.54, 1.807) is 7.05 Å². The zero-order valence-corrected chi connectivity index (χ0v) is 13.8. The quantitative estimate of drug-likeness (QED) is 0.631. The minimum atomic E-state index is 0.368. The highest BCUT2D eigenvalue weighted by molar-refractivity contribution is 6.31. The van der Waals surface area contributed by atoms with Crippen molar-refractivity contribution in [3.63, 3.8) is 0 Å². The van der Waals surface area contributed by atoms with Gasteiger partial charge in [0, 0.05) is 19.0 Å². The van der Waals surface area contributed by atoms with Crippen LogP contribution in [-0.4, -0.2) is 24.7 Å². The summed E-state index contributed by atoms with van der Waals surface area (Å²) in [4.78, 5) is 13.5. The smallest absolute Gasteiger partial charge is 0.0611 e. The van der Waals surface area contributed by atoms with Gasteiger partial charge in [0.25, 0.3) is 0 Å². The lowest BCUT2D eigenvalue weighted by Gasteiger charge is -2.09. The van der Waals surface area contributed by atoms with Gasteiger partial charge in [0.15, 0.2) is 0 Å². The molecule has 3 heteroatoms. The van der Waals surface area contributed by atoms with Gasteiger partial charge in [-0.25, -0.2) is 0 Å². The highest BCUT2D eigenvalue weighted by Gasteiger charge is 2.06. The molecular formula is C16H29N3. The molecule has 0 unspecified atom stereocenters. The van der Waals surface area contributed by atoms with E-state index in [0.717, 1.165) is 29.2 Å². The van der Waals surface area contributed by atoms with E-state index in [1.807, 2.05) is 13.1 Å². The Bertz CT molecular complexity index is 396. The molecule has 0 saturated carbocycles. The molecule has 0 aliphatic carbocycles. The summed E-state index contributed by atoms with van der Waals surface area (Å²) in [6, 6.07) is 0. The average Bonchev–Trinajstić information content (AvgIpc) is 2.34. The minimum Gasteiger partial charge on any atom is -0.295 e. The van der Waals surface area contributed by atoms with Crippen LogP contribution in [-0.2, 0) is 0 Å². The second kappa shape index (κ2) is 8.78. The van der Waals surface area contributed by atoms with E-state index >= 15 is 0 Å². The third-order valence-corrected chi connectivity index (χ3v) is 3.05. The highest BCUT2D eigenvalue weighted by Crippen LogP contribution is 2.15. The lowest BCUT2D eigenvalue weighted by Crippen LogP contribution is -2.09. The third-order valence-electron chi connectivity index (χ3n) is 3.05. The van der Waals surface area contributed by atoms with Gasteiger partial charge in [0.05, 0.1) is 17.1 Å². The first kappa shape index (κ1) is 17.8. The molecule has 0 amide bonds. The number of rotatable bonds is 6. The molecule has 0 rings (SSSR count). The normalized spacial score (nSPS) is 15.7. The molecule has 0 aliphatic heterocycles. The Morgan fingerprint density at radius 1 is 1.00 bits per heavy atom. The fourth-order valence-electron chi connectivity index (χ4n) is 1.46. The van der Waals surface area contributed by atoms with Crippen LogP contribution in [0, 0.1) is 11.8 Å². The number of hydrogen-bond acceptors (Lipinski definition) is 3. The number of allylic oxidation sites excluding steroid dienone is 2. The van der Waals surface area contributed by atoms with Crippen LogP contribution in [0.5, 0.6) is 0 Å². The Morgan fingerprint density at radius 2 is 1.58 bits per heavy atom. The fourth-order valence-corrected chi connectivity index (χ4v) is 1.46. The van der Waals surface area contributed by atoms with Crippen molar-refractivity contribution in [1.29, 1.82) is 0 Å². The zero-order valence-electron chi connectivity index (χ0n) is 13.8. The number of hydrogen-bond donors (Lipinski definition) is 0. The SMILES string of the molecule is CC/C(N=C(C)C(C)C)=C(/C)N=C(C=NC)C(C)C. The molecule has 0 aromatic heterocycles. The second-order valence-electron chi connectivity index (χ2n) is 5.37. The summed E-state index contributed by atoms with van der Waals surface area (Å²) in [5.74, 6) is 0.840. The van der Waals surface area contributed by atoms with Crippen LogP contribution in [0.1, 0.15) is 54.9 Å². The minimum absolute atomic E-state index is 0.368. The van der Waals surface area contributed by atoms with E-state index in [0.29, 0.717) is 11.8 Å². The van der Waals surface area contributed by atoms with E-state index < -0.39 is 0 Å². The van der Waals surface area contributed by atoms with Crippen LogP contribution in [0.2, 0.25) is 0 Å². The van der Waals surface area contributed by atoms with Gasteiger partial charge < -0.3 is 0 Å². The van der Waals surface area contributed by atoms with Crippen molar-refractivity contribution in [2.24, 2.45) is 26.8 Å².